The molecule has 0 fully saturated rings. The van der Waals surface area contributed by atoms with Crippen LogP contribution >= 0.6 is 0 Å². The Morgan fingerprint density at radius 2 is 1.42 bits per heavy atom. The van der Waals surface area contributed by atoms with Crippen LogP contribution in [0, 0.1) is 0 Å². The number of ketones is 1. The van der Waals surface area contributed by atoms with E-state index in [4.69, 9.17) is 9.47 Å². The van der Waals surface area contributed by atoms with Gasteiger partial charge in [-0.15, -0.1) is 0 Å². The van der Waals surface area contributed by atoms with Crippen LogP contribution in [0.15, 0.2) is 42.5 Å². The maximum Gasteiger partial charge on any atom is 0.233 e. The van der Waals surface area contributed by atoms with E-state index in [0.717, 1.165) is 0 Å². The van der Waals surface area contributed by atoms with Gasteiger partial charge < -0.3 is 20.1 Å². The lowest BCUT2D eigenvalue weighted by atomic mass is 10.1. The Morgan fingerprint density at radius 3 is 2.08 bits per heavy atom. The molecule has 0 aromatic heterocycles. The van der Waals surface area contributed by atoms with Crippen LogP contribution in [0.2, 0.25) is 0 Å². The number of benzene rings is 2. The van der Waals surface area contributed by atoms with Crippen LogP contribution < -0.4 is 20.1 Å². The minimum absolute atomic E-state index is 0.0540. The van der Waals surface area contributed by atoms with Gasteiger partial charge in [0, 0.05) is 23.0 Å². The molecule has 0 atom stereocenters. The van der Waals surface area contributed by atoms with Gasteiger partial charge in [-0.1, -0.05) is 0 Å². The number of hydrogen-bond donors (Lipinski definition) is 2. The van der Waals surface area contributed by atoms with Crippen LogP contribution in [0.3, 0.4) is 0 Å². The Balaban J connectivity index is 1.54. The zero-order chi connectivity index (χ0) is 18.5. The molecule has 0 bridgehead atoms. The first-order valence-electron chi connectivity index (χ1n) is 8.11. The minimum Gasteiger partial charge on any atom is -0.486 e. The van der Waals surface area contributed by atoms with Crippen molar-refractivity contribution in [2.75, 3.05) is 23.8 Å². The number of Topliss-reactive ketones (excluding diaryl/α,β-unsaturated/α-hetero) is 1. The Bertz CT molecular complexity index is 846. The summed E-state index contributed by atoms with van der Waals surface area (Å²) in [5, 5.41) is 5.27. The van der Waals surface area contributed by atoms with Crippen LogP contribution in [0.5, 0.6) is 11.5 Å². The number of rotatable bonds is 5. The van der Waals surface area contributed by atoms with E-state index in [2.05, 4.69) is 10.6 Å². The summed E-state index contributed by atoms with van der Waals surface area (Å²) in [6.45, 7) is 2.41. The average molecular weight is 354 g/mol. The van der Waals surface area contributed by atoms with Crippen molar-refractivity contribution in [1.29, 1.82) is 0 Å². The smallest absolute Gasteiger partial charge is 0.233 e. The largest absolute Gasteiger partial charge is 0.486 e. The number of fused-ring (bicyclic) bond motifs is 1. The van der Waals surface area contributed by atoms with E-state index < -0.39 is 11.8 Å². The van der Waals surface area contributed by atoms with E-state index in [0.29, 0.717) is 41.7 Å². The summed E-state index contributed by atoms with van der Waals surface area (Å²) in [4.78, 5) is 35.2. The Kier molecular flexibility index (Phi) is 5.17. The summed E-state index contributed by atoms with van der Waals surface area (Å²) in [7, 11) is 0. The molecule has 7 heteroatoms. The summed E-state index contributed by atoms with van der Waals surface area (Å²) < 4.78 is 10.9. The number of anilines is 2. The van der Waals surface area contributed by atoms with Crippen molar-refractivity contribution in [3.63, 3.8) is 0 Å². The molecule has 2 aromatic carbocycles. The summed E-state index contributed by atoms with van der Waals surface area (Å²) >= 11 is 0. The molecule has 2 amide bonds. The van der Waals surface area contributed by atoms with Crippen molar-refractivity contribution in [3.05, 3.63) is 48.0 Å². The Labute approximate surface area is 150 Å². The quantitative estimate of drug-likeness (QED) is 0.636. The first-order chi connectivity index (χ1) is 12.5. The predicted octanol–water partition coefficient (Wildman–Crippen LogP) is 2.63. The van der Waals surface area contributed by atoms with Gasteiger partial charge >= 0.3 is 0 Å². The number of carbonyl (C=O) groups is 3. The summed E-state index contributed by atoms with van der Waals surface area (Å²) in [5.41, 5.74) is 1.60. The molecule has 7 nitrogen and oxygen atoms in total. The van der Waals surface area contributed by atoms with Gasteiger partial charge in [-0.3, -0.25) is 14.4 Å². The maximum atomic E-state index is 12.0. The van der Waals surface area contributed by atoms with Gasteiger partial charge in [0.15, 0.2) is 17.3 Å². The van der Waals surface area contributed by atoms with E-state index >= 15 is 0 Å². The lowest BCUT2D eigenvalue weighted by molar-refractivity contribution is -0.123. The van der Waals surface area contributed by atoms with Gasteiger partial charge in [0.25, 0.3) is 0 Å². The highest BCUT2D eigenvalue weighted by molar-refractivity contribution is 6.08. The van der Waals surface area contributed by atoms with Crippen molar-refractivity contribution >= 4 is 29.0 Å². The van der Waals surface area contributed by atoms with Gasteiger partial charge in [-0.05, 0) is 43.3 Å². The molecule has 2 aromatic rings. The lowest BCUT2D eigenvalue weighted by Gasteiger charge is -2.19. The number of hydrogen-bond acceptors (Lipinski definition) is 5. The fraction of sp³-hybridized carbons (Fsp3) is 0.211. The SMILES string of the molecule is CC(=O)c1ccc(NC(=O)CC(=O)Nc2ccc3c(c2)OCCO3)cc1. The first-order valence-corrected chi connectivity index (χ1v) is 8.11. The van der Waals surface area contributed by atoms with Crippen molar-refractivity contribution in [3.8, 4) is 11.5 Å². The van der Waals surface area contributed by atoms with E-state index in [1.807, 2.05) is 0 Å². The van der Waals surface area contributed by atoms with Gasteiger partial charge in [-0.2, -0.15) is 0 Å². The Hall–Kier alpha value is -3.35. The number of amides is 2. The molecular formula is C19H18N2O5. The van der Waals surface area contributed by atoms with Crippen molar-refractivity contribution in [2.45, 2.75) is 13.3 Å². The lowest BCUT2D eigenvalue weighted by Crippen LogP contribution is -2.21. The van der Waals surface area contributed by atoms with Crippen LogP contribution in [-0.4, -0.2) is 30.8 Å². The average Bonchev–Trinajstić information content (AvgIpc) is 2.61. The second-order valence-electron chi connectivity index (χ2n) is 5.77. The molecule has 0 saturated heterocycles. The second-order valence-corrected chi connectivity index (χ2v) is 5.77. The molecule has 134 valence electrons. The van der Waals surface area contributed by atoms with Crippen LogP contribution in [0.4, 0.5) is 11.4 Å². The first kappa shape index (κ1) is 17.5. The molecule has 0 spiro atoms. The zero-order valence-electron chi connectivity index (χ0n) is 14.2. The normalized spacial score (nSPS) is 12.2. The molecule has 0 radical (unpaired) electrons. The summed E-state index contributed by atoms with van der Waals surface area (Å²) in [6, 6.07) is 11.5. The van der Waals surface area contributed by atoms with Gasteiger partial charge in [0.1, 0.15) is 19.6 Å². The molecule has 26 heavy (non-hydrogen) atoms. The third-order valence-corrected chi connectivity index (χ3v) is 3.72. The molecule has 1 heterocycles. The fourth-order valence-electron chi connectivity index (χ4n) is 2.47. The number of ether oxygens (including phenoxy) is 2. The van der Waals surface area contributed by atoms with E-state index in [9.17, 15) is 14.4 Å². The summed E-state index contributed by atoms with van der Waals surface area (Å²) in [6.07, 6.45) is -0.330. The molecule has 3 rings (SSSR count). The molecule has 1 aliphatic heterocycles. The zero-order valence-corrected chi connectivity index (χ0v) is 14.2. The van der Waals surface area contributed by atoms with E-state index in [1.54, 1.807) is 42.5 Å². The van der Waals surface area contributed by atoms with Crippen molar-refractivity contribution in [2.24, 2.45) is 0 Å². The highest BCUT2D eigenvalue weighted by atomic mass is 16.6. The number of carbonyl (C=O) groups excluding carboxylic acids is 3. The molecule has 0 unspecified atom stereocenters. The third kappa shape index (κ3) is 4.38. The second kappa shape index (κ2) is 7.69. The van der Waals surface area contributed by atoms with Gasteiger partial charge in [0.2, 0.25) is 11.8 Å². The monoisotopic (exact) mass is 354 g/mol. The van der Waals surface area contributed by atoms with Crippen molar-refractivity contribution < 1.29 is 23.9 Å². The van der Waals surface area contributed by atoms with E-state index in [1.165, 1.54) is 6.92 Å². The van der Waals surface area contributed by atoms with Gasteiger partial charge in [0.05, 0.1) is 0 Å². The molecule has 0 aliphatic carbocycles. The molecule has 0 saturated carbocycles. The Morgan fingerprint density at radius 1 is 0.846 bits per heavy atom. The standard InChI is InChI=1S/C19H18N2O5/c1-12(22)13-2-4-14(5-3-13)20-18(23)11-19(24)21-15-6-7-16-17(10-15)26-9-8-25-16/h2-7,10H,8-9,11H2,1H3,(H,20,23)(H,21,24). The maximum absolute atomic E-state index is 12.0. The topological polar surface area (TPSA) is 93.7 Å². The van der Waals surface area contributed by atoms with E-state index in [-0.39, 0.29) is 12.2 Å². The number of nitrogens with one attached hydrogen (secondary N) is 2. The summed E-state index contributed by atoms with van der Waals surface area (Å²) in [5.74, 6) is 0.238. The van der Waals surface area contributed by atoms with Crippen LogP contribution in [0.25, 0.3) is 0 Å². The highest BCUT2D eigenvalue weighted by Crippen LogP contribution is 2.32. The van der Waals surface area contributed by atoms with Crippen LogP contribution in [-0.2, 0) is 9.59 Å². The fourth-order valence-corrected chi connectivity index (χ4v) is 2.47. The van der Waals surface area contributed by atoms with Crippen LogP contribution in [0.1, 0.15) is 23.7 Å². The minimum atomic E-state index is -0.449. The van der Waals surface area contributed by atoms with Crippen molar-refractivity contribution in [1.82, 2.24) is 0 Å². The van der Waals surface area contributed by atoms with Gasteiger partial charge in [-0.25, -0.2) is 0 Å². The highest BCUT2D eigenvalue weighted by Gasteiger charge is 2.14. The molecular weight excluding hydrogens is 336 g/mol. The predicted molar refractivity (Wildman–Crippen MR) is 95.8 cm³/mol. The molecule has 2 N–H and O–H groups in total. The molecule has 1 aliphatic rings. The third-order valence-electron chi connectivity index (χ3n) is 3.72.